The van der Waals surface area contributed by atoms with Gasteiger partial charge in [-0.2, -0.15) is 0 Å². The Kier molecular flexibility index (Phi) is 2.93. The third-order valence-corrected chi connectivity index (χ3v) is 4.38. The number of nitrogens with two attached hydrogens (primary N) is 1. The van der Waals surface area contributed by atoms with Crippen LogP contribution in [0.1, 0.15) is 37.7 Å². The number of hydrogen-bond donors (Lipinski definition) is 1. The molecular weight excluding hydrogens is 208 g/mol. The second-order valence-electron chi connectivity index (χ2n) is 5.69. The first-order chi connectivity index (χ1) is 8.25. The van der Waals surface area contributed by atoms with Crippen LogP contribution in [0.4, 0.5) is 0 Å². The molecule has 1 aliphatic heterocycles. The zero-order valence-corrected chi connectivity index (χ0v) is 10.5. The Hall–Kier alpha value is -0.860. The molecule has 1 aromatic rings. The summed E-state index contributed by atoms with van der Waals surface area (Å²) in [6.07, 6.45) is 3.67. The van der Waals surface area contributed by atoms with E-state index in [-0.39, 0.29) is 0 Å². The van der Waals surface area contributed by atoms with Gasteiger partial charge in [-0.1, -0.05) is 30.3 Å². The molecule has 17 heavy (non-hydrogen) atoms. The van der Waals surface area contributed by atoms with Crippen LogP contribution in [0.5, 0.6) is 0 Å². The molecule has 0 spiro atoms. The van der Waals surface area contributed by atoms with Gasteiger partial charge in [0.2, 0.25) is 0 Å². The molecule has 2 nitrogen and oxygen atoms in total. The third kappa shape index (κ3) is 2.24. The lowest BCUT2D eigenvalue weighted by Gasteiger charge is -2.36. The van der Waals surface area contributed by atoms with Gasteiger partial charge in [-0.25, -0.2) is 0 Å². The van der Waals surface area contributed by atoms with Crippen molar-refractivity contribution in [1.82, 2.24) is 4.90 Å². The van der Waals surface area contributed by atoms with Gasteiger partial charge in [0.15, 0.2) is 0 Å². The molecule has 0 radical (unpaired) electrons. The van der Waals surface area contributed by atoms with E-state index in [0.717, 1.165) is 18.4 Å². The van der Waals surface area contributed by atoms with Crippen LogP contribution >= 0.6 is 0 Å². The lowest BCUT2D eigenvalue weighted by molar-refractivity contribution is 0.136. The Morgan fingerprint density at radius 1 is 1.18 bits per heavy atom. The molecule has 1 saturated heterocycles. The standard InChI is InChI=1S/C15H22N2/c1-11-9-13(16)7-8-17(11)15-10-14(15)12-5-3-2-4-6-12/h2-6,11,13-15H,7-10,16H2,1H3. The molecule has 2 aliphatic rings. The van der Waals surface area contributed by atoms with Crippen LogP contribution < -0.4 is 5.73 Å². The predicted molar refractivity (Wildman–Crippen MR) is 71.0 cm³/mol. The second kappa shape index (κ2) is 4.43. The van der Waals surface area contributed by atoms with Crippen molar-refractivity contribution in [2.75, 3.05) is 6.54 Å². The van der Waals surface area contributed by atoms with E-state index in [9.17, 15) is 0 Å². The van der Waals surface area contributed by atoms with E-state index in [1.165, 1.54) is 24.9 Å². The highest BCUT2D eigenvalue weighted by Gasteiger charge is 2.45. The largest absolute Gasteiger partial charge is 0.328 e. The van der Waals surface area contributed by atoms with Gasteiger partial charge >= 0.3 is 0 Å². The van der Waals surface area contributed by atoms with Gasteiger partial charge in [0.25, 0.3) is 0 Å². The summed E-state index contributed by atoms with van der Waals surface area (Å²) in [6.45, 7) is 3.52. The van der Waals surface area contributed by atoms with Crippen LogP contribution in [0.15, 0.2) is 30.3 Å². The Balaban J connectivity index is 1.65. The minimum atomic E-state index is 0.426. The van der Waals surface area contributed by atoms with Crippen molar-refractivity contribution in [2.45, 2.75) is 50.2 Å². The average molecular weight is 230 g/mol. The van der Waals surface area contributed by atoms with Gasteiger partial charge in [-0.3, -0.25) is 4.90 Å². The molecule has 4 atom stereocenters. The fourth-order valence-corrected chi connectivity index (χ4v) is 3.33. The third-order valence-electron chi connectivity index (χ3n) is 4.38. The Morgan fingerprint density at radius 3 is 2.65 bits per heavy atom. The van der Waals surface area contributed by atoms with Crippen molar-refractivity contribution >= 4 is 0 Å². The molecule has 0 aromatic heterocycles. The maximum atomic E-state index is 6.03. The zero-order chi connectivity index (χ0) is 11.8. The van der Waals surface area contributed by atoms with Crippen molar-refractivity contribution in [3.8, 4) is 0 Å². The van der Waals surface area contributed by atoms with Crippen LogP contribution in [0, 0.1) is 0 Å². The van der Waals surface area contributed by atoms with E-state index in [2.05, 4.69) is 42.2 Å². The van der Waals surface area contributed by atoms with Crippen molar-refractivity contribution in [3.63, 3.8) is 0 Å². The van der Waals surface area contributed by atoms with Crippen molar-refractivity contribution in [3.05, 3.63) is 35.9 Å². The van der Waals surface area contributed by atoms with E-state index in [1.807, 2.05) is 0 Å². The average Bonchev–Trinajstić information content (AvgIpc) is 3.10. The predicted octanol–water partition coefficient (Wildman–Crippen LogP) is 2.35. The van der Waals surface area contributed by atoms with Gasteiger partial charge in [0.05, 0.1) is 0 Å². The highest BCUT2D eigenvalue weighted by molar-refractivity contribution is 5.28. The Labute approximate surface area is 104 Å². The topological polar surface area (TPSA) is 29.3 Å². The van der Waals surface area contributed by atoms with Crippen LogP contribution in [0.3, 0.4) is 0 Å². The van der Waals surface area contributed by atoms with Gasteiger partial charge in [0.1, 0.15) is 0 Å². The van der Waals surface area contributed by atoms with Crippen LogP contribution in [-0.2, 0) is 0 Å². The summed E-state index contributed by atoms with van der Waals surface area (Å²) < 4.78 is 0. The van der Waals surface area contributed by atoms with Crippen LogP contribution in [0.25, 0.3) is 0 Å². The number of nitrogens with zero attached hydrogens (tertiary/aromatic N) is 1. The molecule has 1 aliphatic carbocycles. The number of likely N-dealkylation sites (tertiary alicyclic amines) is 1. The normalized spacial score (nSPS) is 38.0. The van der Waals surface area contributed by atoms with Gasteiger partial charge in [-0.15, -0.1) is 0 Å². The van der Waals surface area contributed by atoms with E-state index < -0.39 is 0 Å². The van der Waals surface area contributed by atoms with Crippen molar-refractivity contribution in [2.24, 2.45) is 5.73 Å². The molecule has 0 bridgehead atoms. The minimum absolute atomic E-state index is 0.426. The van der Waals surface area contributed by atoms with E-state index in [4.69, 9.17) is 5.73 Å². The summed E-state index contributed by atoms with van der Waals surface area (Å²) in [5.74, 6) is 0.771. The van der Waals surface area contributed by atoms with Crippen LogP contribution in [-0.4, -0.2) is 29.6 Å². The summed E-state index contributed by atoms with van der Waals surface area (Å²) in [5, 5.41) is 0. The maximum absolute atomic E-state index is 6.03. The molecule has 92 valence electrons. The van der Waals surface area contributed by atoms with Crippen LogP contribution in [0.2, 0.25) is 0 Å². The monoisotopic (exact) mass is 230 g/mol. The molecule has 2 fully saturated rings. The fourth-order valence-electron chi connectivity index (χ4n) is 3.33. The number of piperidine rings is 1. The van der Waals surface area contributed by atoms with Gasteiger partial charge in [0, 0.05) is 30.6 Å². The first kappa shape index (κ1) is 11.2. The Bertz CT molecular complexity index is 376. The molecular formula is C15H22N2. The first-order valence-corrected chi connectivity index (χ1v) is 6.82. The van der Waals surface area contributed by atoms with E-state index in [0.29, 0.717) is 12.1 Å². The highest BCUT2D eigenvalue weighted by atomic mass is 15.2. The number of benzene rings is 1. The summed E-state index contributed by atoms with van der Waals surface area (Å²) >= 11 is 0. The quantitative estimate of drug-likeness (QED) is 0.845. The maximum Gasteiger partial charge on any atom is 0.0174 e. The summed E-state index contributed by atoms with van der Waals surface area (Å²) in [5.41, 5.74) is 7.54. The summed E-state index contributed by atoms with van der Waals surface area (Å²) in [6, 6.07) is 12.8. The molecule has 1 heterocycles. The number of hydrogen-bond acceptors (Lipinski definition) is 2. The summed E-state index contributed by atoms with van der Waals surface area (Å²) in [4.78, 5) is 2.68. The lowest BCUT2D eigenvalue weighted by Crippen LogP contribution is -2.46. The van der Waals surface area contributed by atoms with E-state index >= 15 is 0 Å². The summed E-state index contributed by atoms with van der Waals surface area (Å²) in [7, 11) is 0. The van der Waals surface area contributed by atoms with Crippen molar-refractivity contribution in [1.29, 1.82) is 0 Å². The zero-order valence-electron chi connectivity index (χ0n) is 10.5. The molecule has 4 unspecified atom stereocenters. The van der Waals surface area contributed by atoms with Gasteiger partial charge in [-0.05, 0) is 31.7 Å². The lowest BCUT2D eigenvalue weighted by atomic mass is 9.98. The molecule has 3 rings (SSSR count). The number of rotatable bonds is 2. The van der Waals surface area contributed by atoms with E-state index in [1.54, 1.807) is 0 Å². The highest BCUT2D eigenvalue weighted by Crippen LogP contribution is 2.46. The molecule has 1 aromatic carbocycles. The molecule has 1 saturated carbocycles. The van der Waals surface area contributed by atoms with Crippen molar-refractivity contribution < 1.29 is 0 Å². The Morgan fingerprint density at radius 2 is 1.94 bits per heavy atom. The SMILES string of the molecule is CC1CC(N)CCN1C1CC1c1ccccc1. The first-order valence-electron chi connectivity index (χ1n) is 6.82. The second-order valence-corrected chi connectivity index (χ2v) is 5.69. The van der Waals surface area contributed by atoms with Gasteiger partial charge < -0.3 is 5.73 Å². The smallest absolute Gasteiger partial charge is 0.0174 e. The molecule has 0 amide bonds. The molecule has 2 N–H and O–H groups in total. The molecule has 2 heteroatoms. The minimum Gasteiger partial charge on any atom is -0.328 e. The fraction of sp³-hybridized carbons (Fsp3) is 0.600.